The monoisotopic (exact) mass is 303 g/mol. The number of hydrogen-bond donors (Lipinski definition) is 1. The molecule has 116 valence electrons. The van der Waals surface area contributed by atoms with Gasteiger partial charge in [0.25, 0.3) is 0 Å². The van der Waals surface area contributed by atoms with Gasteiger partial charge in [0.15, 0.2) is 5.82 Å². The van der Waals surface area contributed by atoms with E-state index in [2.05, 4.69) is 30.2 Å². The van der Waals surface area contributed by atoms with Crippen molar-refractivity contribution in [3.63, 3.8) is 0 Å². The zero-order valence-electron chi connectivity index (χ0n) is 12.4. The molecule has 1 aliphatic heterocycles. The highest BCUT2D eigenvalue weighted by Crippen LogP contribution is 2.17. The summed E-state index contributed by atoms with van der Waals surface area (Å²) in [5, 5.41) is 3.11. The van der Waals surface area contributed by atoms with Gasteiger partial charge < -0.3 is 15.1 Å². The highest BCUT2D eigenvalue weighted by atomic mass is 19.1. The Labute approximate surface area is 128 Å². The van der Waals surface area contributed by atoms with E-state index in [1.54, 1.807) is 6.20 Å². The molecule has 0 aliphatic carbocycles. The fourth-order valence-corrected chi connectivity index (χ4v) is 2.37. The summed E-state index contributed by atoms with van der Waals surface area (Å²) in [5.41, 5.74) is 0. The largest absolute Gasteiger partial charge is 0.354 e. The van der Waals surface area contributed by atoms with Gasteiger partial charge in [-0.15, -0.1) is 0 Å². The summed E-state index contributed by atoms with van der Waals surface area (Å²) in [7, 11) is 0. The average Bonchev–Trinajstić information content (AvgIpc) is 2.56. The number of halogens is 1. The van der Waals surface area contributed by atoms with Crippen LogP contribution in [0.5, 0.6) is 0 Å². The Balaban J connectivity index is 1.64. The second-order valence-electron chi connectivity index (χ2n) is 4.94. The molecule has 7 nitrogen and oxygen atoms in total. The predicted molar refractivity (Wildman–Crippen MR) is 82.6 cm³/mol. The van der Waals surface area contributed by atoms with Gasteiger partial charge in [0.05, 0.1) is 12.4 Å². The van der Waals surface area contributed by atoms with Gasteiger partial charge in [-0.1, -0.05) is 0 Å². The Morgan fingerprint density at radius 1 is 1.09 bits per heavy atom. The maximum atomic E-state index is 12.9. The average molecular weight is 303 g/mol. The van der Waals surface area contributed by atoms with E-state index >= 15 is 0 Å². The zero-order chi connectivity index (χ0) is 15.4. The third-order valence-electron chi connectivity index (χ3n) is 3.47. The summed E-state index contributed by atoms with van der Waals surface area (Å²) in [6, 6.07) is 1.91. The Kier molecular flexibility index (Phi) is 4.27. The Bertz CT molecular complexity index is 611. The minimum atomic E-state index is -0.417. The van der Waals surface area contributed by atoms with E-state index in [-0.39, 0.29) is 0 Å². The highest BCUT2D eigenvalue weighted by molar-refractivity contribution is 5.45. The maximum Gasteiger partial charge on any atom is 0.225 e. The van der Waals surface area contributed by atoms with Crippen LogP contribution in [0.3, 0.4) is 0 Å². The van der Waals surface area contributed by atoms with E-state index in [0.29, 0.717) is 11.9 Å². The highest BCUT2D eigenvalue weighted by Gasteiger charge is 2.20. The number of rotatable bonds is 4. The van der Waals surface area contributed by atoms with Crippen LogP contribution in [-0.2, 0) is 0 Å². The first-order chi connectivity index (χ1) is 10.8. The van der Waals surface area contributed by atoms with Crippen LogP contribution in [-0.4, -0.2) is 52.7 Å². The van der Waals surface area contributed by atoms with Crippen molar-refractivity contribution in [2.24, 2.45) is 0 Å². The minimum Gasteiger partial charge on any atom is -0.354 e. The van der Waals surface area contributed by atoms with Crippen LogP contribution in [0.2, 0.25) is 0 Å². The topological polar surface area (TPSA) is 70.1 Å². The van der Waals surface area contributed by atoms with E-state index in [4.69, 9.17) is 0 Å². The molecule has 8 heteroatoms. The molecule has 1 saturated heterocycles. The molecule has 1 aliphatic rings. The second kappa shape index (κ2) is 6.50. The molecule has 1 N–H and O–H groups in total. The van der Waals surface area contributed by atoms with Crippen LogP contribution in [0.1, 0.15) is 6.92 Å². The van der Waals surface area contributed by atoms with Crippen molar-refractivity contribution in [2.45, 2.75) is 6.92 Å². The van der Waals surface area contributed by atoms with E-state index in [1.165, 1.54) is 12.4 Å². The molecular formula is C14H18FN7. The van der Waals surface area contributed by atoms with Gasteiger partial charge in [0.1, 0.15) is 5.82 Å². The molecule has 0 radical (unpaired) electrons. The van der Waals surface area contributed by atoms with Crippen molar-refractivity contribution >= 4 is 17.7 Å². The number of nitrogens with zero attached hydrogens (tertiary/aromatic N) is 6. The number of nitrogens with one attached hydrogen (secondary N) is 1. The van der Waals surface area contributed by atoms with Gasteiger partial charge in [-0.3, -0.25) is 0 Å². The van der Waals surface area contributed by atoms with Gasteiger partial charge in [-0.25, -0.2) is 19.3 Å². The van der Waals surface area contributed by atoms with Crippen LogP contribution in [0, 0.1) is 5.82 Å². The third-order valence-corrected chi connectivity index (χ3v) is 3.47. The van der Waals surface area contributed by atoms with E-state index in [1.807, 2.05) is 17.9 Å². The van der Waals surface area contributed by atoms with E-state index in [9.17, 15) is 4.39 Å². The lowest BCUT2D eigenvalue weighted by Crippen LogP contribution is -2.47. The van der Waals surface area contributed by atoms with Crippen molar-refractivity contribution < 1.29 is 4.39 Å². The Hall–Kier alpha value is -2.51. The number of anilines is 3. The van der Waals surface area contributed by atoms with E-state index in [0.717, 1.165) is 38.5 Å². The number of hydrogen-bond acceptors (Lipinski definition) is 7. The van der Waals surface area contributed by atoms with Crippen LogP contribution in [0.15, 0.2) is 24.7 Å². The van der Waals surface area contributed by atoms with Crippen molar-refractivity contribution in [3.8, 4) is 0 Å². The van der Waals surface area contributed by atoms with Gasteiger partial charge in [0.2, 0.25) is 11.9 Å². The first kappa shape index (κ1) is 14.4. The molecular weight excluding hydrogens is 285 g/mol. The smallest absolute Gasteiger partial charge is 0.225 e. The lowest BCUT2D eigenvalue weighted by molar-refractivity contribution is 0.601. The van der Waals surface area contributed by atoms with Crippen LogP contribution in [0.4, 0.5) is 22.1 Å². The van der Waals surface area contributed by atoms with Crippen molar-refractivity contribution in [3.05, 3.63) is 30.5 Å². The first-order valence-electron chi connectivity index (χ1n) is 7.30. The summed E-state index contributed by atoms with van der Waals surface area (Å²) in [6.07, 6.45) is 4.15. The van der Waals surface area contributed by atoms with Gasteiger partial charge in [-0.2, -0.15) is 4.98 Å². The fraction of sp³-hybridized carbons (Fsp3) is 0.429. The molecule has 2 aromatic heterocycles. The van der Waals surface area contributed by atoms with Crippen molar-refractivity contribution in [1.82, 2.24) is 19.9 Å². The normalized spacial score (nSPS) is 15.0. The van der Waals surface area contributed by atoms with Gasteiger partial charge in [-0.05, 0) is 13.0 Å². The summed E-state index contributed by atoms with van der Waals surface area (Å²) in [6.45, 7) is 5.96. The molecule has 0 amide bonds. The summed E-state index contributed by atoms with van der Waals surface area (Å²) >= 11 is 0. The summed E-state index contributed by atoms with van der Waals surface area (Å²) in [4.78, 5) is 21.0. The molecule has 0 bridgehead atoms. The van der Waals surface area contributed by atoms with Crippen LogP contribution >= 0.6 is 0 Å². The molecule has 2 aromatic rings. The fourth-order valence-electron chi connectivity index (χ4n) is 2.37. The lowest BCUT2D eigenvalue weighted by atomic mass is 10.3. The van der Waals surface area contributed by atoms with Gasteiger partial charge >= 0.3 is 0 Å². The second-order valence-corrected chi connectivity index (χ2v) is 4.94. The molecule has 0 aromatic carbocycles. The quantitative estimate of drug-likeness (QED) is 0.909. The summed E-state index contributed by atoms with van der Waals surface area (Å²) in [5.74, 6) is 1.70. The molecule has 3 rings (SSSR count). The third kappa shape index (κ3) is 3.21. The minimum absolute atomic E-state index is 0.417. The van der Waals surface area contributed by atoms with Crippen molar-refractivity contribution in [2.75, 3.05) is 47.8 Å². The standard InChI is InChI=1S/C14H18FN7/c1-2-16-13-17-4-3-12(20-13)21-5-7-22(8-6-21)14-18-9-11(15)10-19-14/h3-4,9-10H,2,5-8H2,1H3,(H,16,17,20). The molecule has 0 spiro atoms. The molecule has 0 unspecified atom stereocenters. The molecule has 3 heterocycles. The van der Waals surface area contributed by atoms with Crippen LogP contribution < -0.4 is 15.1 Å². The first-order valence-corrected chi connectivity index (χ1v) is 7.30. The SMILES string of the molecule is CCNc1nccc(N2CCN(c3ncc(F)cn3)CC2)n1. The predicted octanol–water partition coefficient (Wildman–Crippen LogP) is 1.16. The van der Waals surface area contributed by atoms with Gasteiger partial charge in [0, 0.05) is 38.9 Å². The lowest BCUT2D eigenvalue weighted by Gasteiger charge is -2.35. The number of aromatic nitrogens is 4. The Morgan fingerprint density at radius 2 is 1.77 bits per heavy atom. The van der Waals surface area contributed by atoms with E-state index < -0.39 is 5.82 Å². The molecule has 0 atom stereocenters. The van der Waals surface area contributed by atoms with Crippen LogP contribution in [0.25, 0.3) is 0 Å². The zero-order valence-corrected chi connectivity index (χ0v) is 12.4. The Morgan fingerprint density at radius 3 is 2.45 bits per heavy atom. The molecule has 1 fully saturated rings. The summed E-state index contributed by atoms with van der Waals surface area (Å²) < 4.78 is 12.9. The maximum absolute atomic E-state index is 12.9. The molecule has 22 heavy (non-hydrogen) atoms. The molecule has 0 saturated carbocycles. The van der Waals surface area contributed by atoms with Crippen molar-refractivity contribution in [1.29, 1.82) is 0 Å². The number of piperazine rings is 1.